The Labute approximate surface area is 142 Å². The Kier molecular flexibility index (Phi) is 5.15. The molecule has 0 atom stereocenters. The van der Waals surface area contributed by atoms with Crippen molar-refractivity contribution < 1.29 is 0 Å². The molecule has 0 aliphatic rings. The van der Waals surface area contributed by atoms with E-state index in [9.17, 15) is 0 Å². The third kappa shape index (κ3) is 3.95. The first-order chi connectivity index (χ1) is 11.8. The molecule has 126 valence electrons. The quantitative estimate of drug-likeness (QED) is 0.480. The van der Waals surface area contributed by atoms with E-state index in [1.165, 1.54) is 22.0 Å². The van der Waals surface area contributed by atoms with Crippen LogP contribution in [0.4, 0.5) is 0 Å². The summed E-state index contributed by atoms with van der Waals surface area (Å²) in [4.78, 5) is 7.57. The van der Waals surface area contributed by atoms with Crippen molar-refractivity contribution in [3.05, 3.63) is 54.0 Å². The van der Waals surface area contributed by atoms with Crippen molar-refractivity contribution in [2.24, 2.45) is 4.99 Å². The number of nitrogens with zero attached hydrogens (tertiary/aromatic N) is 3. The fourth-order valence-electron chi connectivity index (χ4n) is 2.75. The Morgan fingerprint density at radius 2 is 2.08 bits per heavy atom. The summed E-state index contributed by atoms with van der Waals surface area (Å²) < 4.78 is 1.93. The number of aliphatic imine (C=N–C) groups is 1. The molecule has 1 aromatic carbocycles. The van der Waals surface area contributed by atoms with Gasteiger partial charge in [0.2, 0.25) is 0 Å². The predicted octanol–water partition coefficient (Wildman–Crippen LogP) is 2.08. The number of aryl methyl sites for hydroxylation is 1. The van der Waals surface area contributed by atoms with Crippen LogP contribution in [-0.2, 0) is 13.0 Å². The van der Waals surface area contributed by atoms with Gasteiger partial charge in [0.05, 0.1) is 12.7 Å². The van der Waals surface area contributed by atoms with Crippen LogP contribution in [0.1, 0.15) is 11.1 Å². The highest BCUT2D eigenvalue weighted by atomic mass is 15.3. The molecule has 0 aliphatic heterocycles. The van der Waals surface area contributed by atoms with Gasteiger partial charge in [0.25, 0.3) is 0 Å². The topological polar surface area (TPSA) is 70.0 Å². The molecule has 24 heavy (non-hydrogen) atoms. The molecule has 0 saturated heterocycles. The van der Waals surface area contributed by atoms with Gasteiger partial charge in [-0.1, -0.05) is 18.2 Å². The van der Waals surface area contributed by atoms with Crippen LogP contribution in [0.3, 0.4) is 0 Å². The molecule has 0 fully saturated rings. The van der Waals surface area contributed by atoms with E-state index >= 15 is 0 Å². The molecular weight excluding hydrogens is 300 g/mol. The van der Waals surface area contributed by atoms with Crippen LogP contribution in [0.25, 0.3) is 10.9 Å². The van der Waals surface area contributed by atoms with Gasteiger partial charge in [0, 0.05) is 43.4 Å². The minimum atomic E-state index is 0.786. The van der Waals surface area contributed by atoms with E-state index in [4.69, 9.17) is 0 Å². The molecule has 0 aliphatic carbocycles. The molecule has 0 unspecified atom stereocenters. The van der Waals surface area contributed by atoms with Gasteiger partial charge in [-0.25, -0.2) is 0 Å². The lowest BCUT2D eigenvalue weighted by molar-refractivity contribution is 0.597. The lowest BCUT2D eigenvalue weighted by atomic mass is 10.1. The molecule has 0 spiro atoms. The molecule has 3 aromatic rings. The van der Waals surface area contributed by atoms with Crippen molar-refractivity contribution in [2.75, 3.05) is 20.1 Å². The lowest BCUT2D eigenvalue weighted by Gasteiger charge is -2.11. The van der Waals surface area contributed by atoms with Crippen LogP contribution in [-0.4, -0.2) is 40.9 Å². The number of aromatic amines is 1. The van der Waals surface area contributed by atoms with E-state index in [-0.39, 0.29) is 0 Å². The highest BCUT2D eigenvalue weighted by Crippen LogP contribution is 2.17. The van der Waals surface area contributed by atoms with E-state index in [1.54, 1.807) is 7.05 Å². The summed E-state index contributed by atoms with van der Waals surface area (Å²) in [5, 5.41) is 12.2. The van der Waals surface area contributed by atoms with E-state index in [0.717, 1.165) is 32.0 Å². The number of nitrogens with one attached hydrogen (secondary N) is 3. The van der Waals surface area contributed by atoms with E-state index in [1.807, 2.05) is 30.1 Å². The van der Waals surface area contributed by atoms with E-state index in [2.05, 4.69) is 50.1 Å². The number of benzene rings is 1. The lowest BCUT2D eigenvalue weighted by Crippen LogP contribution is -2.39. The van der Waals surface area contributed by atoms with Gasteiger partial charge in [-0.15, -0.1) is 0 Å². The highest BCUT2D eigenvalue weighted by molar-refractivity contribution is 5.83. The van der Waals surface area contributed by atoms with Crippen molar-refractivity contribution >= 4 is 16.9 Å². The zero-order valence-electron chi connectivity index (χ0n) is 14.2. The third-order valence-electron chi connectivity index (χ3n) is 3.98. The second-order valence-corrected chi connectivity index (χ2v) is 5.82. The first kappa shape index (κ1) is 16.1. The molecule has 6 heteroatoms. The van der Waals surface area contributed by atoms with Gasteiger partial charge in [-0.05, 0) is 30.5 Å². The summed E-state index contributed by atoms with van der Waals surface area (Å²) in [5.41, 5.74) is 3.68. The largest absolute Gasteiger partial charge is 0.361 e. The van der Waals surface area contributed by atoms with Crippen LogP contribution in [0.15, 0.2) is 47.8 Å². The summed E-state index contributed by atoms with van der Waals surface area (Å²) in [6.45, 7) is 4.48. The highest BCUT2D eigenvalue weighted by Gasteiger charge is 2.03. The van der Waals surface area contributed by atoms with Crippen LogP contribution in [0, 0.1) is 6.92 Å². The average Bonchev–Trinajstić information content (AvgIpc) is 3.20. The zero-order chi connectivity index (χ0) is 16.8. The SMILES string of the molecule is CN=C(NCCc1c[nH]c2ccccc12)NCCn1cc(C)cn1. The number of aromatic nitrogens is 3. The molecule has 0 saturated carbocycles. The van der Waals surface area contributed by atoms with E-state index in [0.29, 0.717) is 0 Å². The predicted molar refractivity (Wildman–Crippen MR) is 98.3 cm³/mol. The van der Waals surface area contributed by atoms with Gasteiger partial charge in [0.15, 0.2) is 5.96 Å². The van der Waals surface area contributed by atoms with Crippen LogP contribution >= 0.6 is 0 Å². The van der Waals surface area contributed by atoms with Crippen molar-refractivity contribution in [2.45, 2.75) is 19.9 Å². The van der Waals surface area contributed by atoms with Gasteiger partial charge in [-0.2, -0.15) is 5.10 Å². The van der Waals surface area contributed by atoms with Gasteiger partial charge >= 0.3 is 0 Å². The third-order valence-corrected chi connectivity index (χ3v) is 3.98. The standard InChI is InChI=1S/C18H24N6/c1-14-11-23-24(13-14)10-9-21-18(19-2)20-8-7-15-12-22-17-6-4-3-5-16(15)17/h3-6,11-13,22H,7-10H2,1-2H3,(H2,19,20,21). The smallest absolute Gasteiger partial charge is 0.191 e. The Bertz CT molecular complexity index is 814. The Morgan fingerprint density at radius 3 is 2.88 bits per heavy atom. The van der Waals surface area contributed by atoms with Crippen molar-refractivity contribution in [3.8, 4) is 0 Å². The molecule has 0 bridgehead atoms. The monoisotopic (exact) mass is 324 g/mol. The number of guanidine groups is 1. The van der Waals surface area contributed by atoms with Crippen molar-refractivity contribution in [3.63, 3.8) is 0 Å². The number of hydrogen-bond donors (Lipinski definition) is 3. The molecule has 6 nitrogen and oxygen atoms in total. The van der Waals surface area contributed by atoms with Gasteiger partial charge in [-0.3, -0.25) is 9.67 Å². The number of hydrogen-bond acceptors (Lipinski definition) is 2. The summed E-state index contributed by atoms with van der Waals surface area (Å²) in [5.74, 6) is 0.818. The first-order valence-electron chi connectivity index (χ1n) is 8.25. The Hall–Kier alpha value is -2.76. The molecular formula is C18H24N6. The summed E-state index contributed by atoms with van der Waals surface area (Å²) in [6.07, 6.45) is 6.94. The second kappa shape index (κ2) is 7.68. The zero-order valence-corrected chi connectivity index (χ0v) is 14.2. The minimum absolute atomic E-state index is 0.786. The normalized spacial score (nSPS) is 11.8. The summed E-state index contributed by atoms with van der Waals surface area (Å²) in [7, 11) is 1.79. The maximum absolute atomic E-state index is 4.28. The molecule has 0 radical (unpaired) electrons. The fourth-order valence-corrected chi connectivity index (χ4v) is 2.75. The fraction of sp³-hybridized carbons (Fsp3) is 0.333. The minimum Gasteiger partial charge on any atom is -0.361 e. The van der Waals surface area contributed by atoms with Crippen molar-refractivity contribution in [1.29, 1.82) is 0 Å². The summed E-state index contributed by atoms with van der Waals surface area (Å²) >= 11 is 0. The second-order valence-electron chi connectivity index (χ2n) is 5.82. The molecule has 2 heterocycles. The molecule has 2 aromatic heterocycles. The molecule has 3 N–H and O–H groups in total. The first-order valence-corrected chi connectivity index (χ1v) is 8.25. The van der Waals surface area contributed by atoms with Crippen LogP contribution in [0.5, 0.6) is 0 Å². The van der Waals surface area contributed by atoms with Gasteiger partial charge in [0.1, 0.15) is 0 Å². The maximum atomic E-state index is 4.28. The molecule has 3 rings (SSSR count). The Morgan fingerprint density at radius 1 is 1.25 bits per heavy atom. The number of H-pyrrole nitrogens is 1. The average molecular weight is 324 g/mol. The van der Waals surface area contributed by atoms with E-state index < -0.39 is 0 Å². The van der Waals surface area contributed by atoms with Crippen LogP contribution in [0.2, 0.25) is 0 Å². The van der Waals surface area contributed by atoms with Crippen LogP contribution < -0.4 is 10.6 Å². The number of para-hydroxylation sites is 1. The number of rotatable bonds is 6. The Balaban J connectivity index is 1.44. The molecule has 0 amide bonds. The maximum Gasteiger partial charge on any atom is 0.191 e. The number of fused-ring (bicyclic) bond motifs is 1. The van der Waals surface area contributed by atoms with Crippen molar-refractivity contribution in [1.82, 2.24) is 25.4 Å². The van der Waals surface area contributed by atoms with Gasteiger partial charge < -0.3 is 15.6 Å². The summed E-state index contributed by atoms with van der Waals surface area (Å²) in [6, 6.07) is 8.38.